The minimum Gasteiger partial charge on any atom is -0.481 e. The molecule has 1 atom stereocenters. The Kier molecular flexibility index (Phi) is 4.75. The molecule has 5 fully saturated rings. The molecule has 2 heterocycles. The molecule has 1 aliphatic heterocycles. The molecule has 0 aromatic carbocycles. The van der Waals surface area contributed by atoms with E-state index in [0.717, 1.165) is 62.0 Å². The Bertz CT molecular complexity index is 773. The van der Waals surface area contributed by atoms with Crippen molar-refractivity contribution >= 4 is 11.8 Å². The van der Waals surface area contributed by atoms with Crippen molar-refractivity contribution in [2.24, 2.45) is 23.2 Å². The van der Waals surface area contributed by atoms with Gasteiger partial charge >= 0.3 is 0 Å². The molecule has 4 saturated carbocycles. The van der Waals surface area contributed by atoms with Gasteiger partial charge in [-0.25, -0.2) is 4.98 Å². The predicted molar refractivity (Wildman–Crippen MR) is 108 cm³/mol. The third-order valence-corrected chi connectivity index (χ3v) is 7.78. The van der Waals surface area contributed by atoms with Gasteiger partial charge in [0.1, 0.15) is 6.04 Å². The van der Waals surface area contributed by atoms with Crippen LogP contribution in [0.3, 0.4) is 0 Å². The lowest BCUT2D eigenvalue weighted by Crippen LogP contribution is -2.57. The van der Waals surface area contributed by atoms with Crippen LogP contribution in [0.2, 0.25) is 0 Å². The van der Waals surface area contributed by atoms with Crippen molar-refractivity contribution in [3.05, 3.63) is 23.9 Å². The van der Waals surface area contributed by atoms with E-state index in [1.54, 1.807) is 13.3 Å². The maximum absolute atomic E-state index is 13.7. The van der Waals surface area contributed by atoms with Crippen LogP contribution >= 0.6 is 0 Å². The number of rotatable bonds is 5. The Morgan fingerprint density at radius 1 is 1.21 bits per heavy atom. The number of nitrogens with one attached hydrogen (secondary N) is 1. The van der Waals surface area contributed by atoms with Crippen molar-refractivity contribution in [1.82, 2.24) is 15.2 Å². The minimum absolute atomic E-state index is 0.0312. The van der Waals surface area contributed by atoms with Crippen LogP contribution in [0, 0.1) is 23.2 Å². The number of carbonyl (C=O) groups is 2. The summed E-state index contributed by atoms with van der Waals surface area (Å²) >= 11 is 0. The van der Waals surface area contributed by atoms with E-state index >= 15 is 0 Å². The molecule has 2 amide bonds. The van der Waals surface area contributed by atoms with Crippen LogP contribution in [0.1, 0.15) is 56.9 Å². The number of hydrogen-bond donors (Lipinski definition) is 1. The Morgan fingerprint density at radius 2 is 1.90 bits per heavy atom. The number of likely N-dealkylation sites (tertiary alicyclic amines) is 1. The summed E-state index contributed by atoms with van der Waals surface area (Å²) in [5, 5.41) is 3.03. The molecule has 4 aliphatic carbocycles. The van der Waals surface area contributed by atoms with Crippen molar-refractivity contribution < 1.29 is 14.3 Å². The van der Waals surface area contributed by atoms with Gasteiger partial charge in [-0.05, 0) is 80.8 Å². The average molecular weight is 398 g/mol. The minimum atomic E-state index is -0.320. The summed E-state index contributed by atoms with van der Waals surface area (Å²) in [6.45, 7) is 1.15. The number of nitrogens with zero attached hydrogens (tertiary/aromatic N) is 2. The van der Waals surface area contributed by atoms with E-state index in [4.69, 9.17) is 4.74 Å². The fraction of sp³-hybridized carbons (Fsp3) is 0.696. The van der Waals surface area contributed by atoms with Gasteiger partial charge in [0.15, 0.2) is 0 Å². The summed E-state index contributed by atoms with van der Waals surface area (Å²) in [6.07, 6.45) is 10.5. The van der Waals surface area contributed by atoms with Gasteiger partial charge in [-0.3, -0.25) is 9.59 Å². The lowest BCUT2D eigenvalue weighted by atomic mass is 9.49. The second-order valence-corrected chi connectivity index (χ2v) is 9.78. The van der Waals surface area contributed by atoms with Gasteiger partial charge in [-0.1, -0.05) is 0 Å². The molecule has 1 unspecified atom stereocenters. The van der Waals surface area contributed by atoms with Crippen LogP contribution < -0.4 is 10.1 Å². The lowest BCUT2D eigenvalue weighted by molar-refractivity contribution is -0.160. The summed E-state index contributed by atoms with van der Waals surface area (Å²) in [6, 6.07) is 3.38. The zero-order valence-electron chi connectivity index (χ0n) is 17.2. The Balaban J connectivity index is 1.26. The second-order valence-electron chi connectivity index (χ2n) is 9.78. The second kappa shape index (κ2) is 7.29. The highest BCUT2D eigenvalue weighted by atomic mass is 16.5. The topological polar surface area (TPSA) is 71.5 Å². The Morgan fingerprint density at radius 3 is 2.55 bits per heavy atom. The molecule has 1 aromatic heterocycles. The number of pyridine rings is 1. The molecule has 0 radical (unpaired) electrons. The van der Waals surface area contributed by atoms with Crippen LogP contribution in [0.15, 0.2) is 18.3 Å². The largest absolute Gasteiger partial charge is 0.481 e. The molecule has 1 saturated heterocycles. The smallest absolute Gasteiger partial charge is 0.243 e. The SMILES string of the molecule is COc1cc(CNC(=O)C2CCCN2C(=O)C23CC4CC(CC(C4)C2)C3)ccn1. The van der Waals surface area contributed by atoms with E-state index in [1.165, 1.54) is 19.3 Å². The summed E-state index contributed by atoms with van der Waals surface area (Å²) in [7, 11) is 1.58. The van der Waals surface area contributed by atoms with Crippen LogP contribution in [-0.2, 0) is 16.1 Å². The zero-order chi connectivity index (χ0) is 20.0. The van der Waals surface area contributed by atoms with Gasteiger partial charge in [0.2, 0.25) is 17.7 Å². The van der Waals surface area contributed by atoms with E-state index in [1.807, 2.05) is 17.0 Å². The molecule has 0 spiro atoms. The number of methoxy groups -OCH3 is 1. The van der Waals surface area contributed by atoms with Crippen molar-refractivity contribution in [2.45, 2.75) is 64.0 Å². The number of carbonyl (C=O) groups excluding carboxylic acids is 2. The van der Waals surface area contributed by atoms with Gasteiger partial charge in [-0.2, -0.15) is 0 Å². The first-order valence-corrected chi connectivity index (χ1v) is 11.1. The molecule has 29 heavy (non-hydrogen) atoms. The first-order chi connectivity index (χ1) is 14.1. The quantitative estimate of drug-likeness (QED) is 0.829. The molecule has 1 N–H and O–H groups in total. The van der Waals surface area contributed by atoms with Crippen molar-refractivity contribution in [2.75, 3.05) is 13.7 Å². The van der Waals surface area contributed by atoms with Gasteiger partial charge in [0, 0.05) is 25.4 Å². The van der Waals surface area contributed by atoms with Gasteiger partial charge in [0.25, 0.3) is 0 Å². The first-order valence-electron chi connectivity index (χ1n) is 11.1. The number of hydrogen-bond acceptors (Lipinski definition) is 4. The van der Waals surface area contributed by atoms with Crippen molar-refractivity contribution in [3.8, 4) is 5.88 Å². The molecule has 1 aromatic rings. The molecule has 5 aliphatic rings. The molecule has 6 nitrogen and oxygen atoms in total. The first kappa shape index (κ1) is 18.9. The maximum Gasteiger partial charge on any atom is 0.243 e. The highest BCUT2D eigenvalue weighted by Gasteiger charge is 2.56. The normalized spacial score (nSPS) is 35.0. The molecule has 6 heteroatoms. The zero-order valence-corrected chi connectivity index (χ0v) is 17.2. The molecular formula is C23H31N3O3. The Labute approximate surface area is 172 Å². The van der Waals surface area contributed by atoms with E-state index in [-0.39, 0.29) is 23.3 Å². The third kappa shape index (κ3) is 3.40. The molecule has 6 rings (SSSR count). The monoisotopic (exact) mass is 397 g/mol. The van der Waals surface area contributed by atoms with Crippen molar-refractivity contribution in [3.63, 3.8) is 0 Å². The highest BCUT2D eigenvalue weighted by Crippen LogP contribution is 2.60. The average Bonchev–Trinajstić information content (AvgIpc) is 3.20. The Hall–Kier alpha value is -2.11. The lowest BCUT2D eigenvalue weighted by Gasteiger charge is -2.56. The highest BCUT2D eigenvalue weighted by molar-refractivity contribution is 5.91. The van der Waals surface area contributed by atoms with Crippen LogP contribution in [0.4, 0.5) is 0 Å². The standard InChI is InChI=1S/C23H31N3O3/c1-29-20-10-15(4-5-24-20)14-25-21(27)19-3-2-6-26(19)22(28)23-11-16-7-17(12-23)9-18(8-16)13-23/h4-5,10,16-19H,2-3,6-9,11-14H2,1H3,(H,25,27). The third-order valence-electron chi connectivity index (χ3n) is 7.78. The fourth-order valence-corrected chi connectivity index (χ4v) is 6.94. The number of ether oxygens (including phenoxy) is 1. The maximum atomic E-state index is 13.7. The number of aromatic nitrogens is 1. The molecular weight excluding hydrogens is 366 g/mol. The fourth-order valence-electron chi connectivity index (χ4n) is 6.94. The van der Waals surface area contributed by atoms with E-state index in [2.05, 4.69) is 10.3 Å². The van der Waals surface area contributed by atoms with Gasteiger partial charge in [0.05, 0.1) is 12.5 Å². The van der Waals surface area contributed by atoms with E-state index in [9.17, 15) is 9.59 Å². The van der Waals surface area contributed by atoms with Crippen LogP contribution in [-0.4, -0.2) is 41.4 Å². The van der Waals surface area contributed by atoms with Gasteiger partial charge < -0.3 is 15.0 Å². The molecule has 156 valence electrons. The summed E-state index contributed by atoms with van der Waals surface area (Å²) in [5.74, 6) is 3.00. The number of amides is 2. The van der Waals surface area contributed by atoms with Crippen LogP contribution in [0.5, 0.6) is 5.88 Å². The summed E-state index contributed by atoms with van der Waals surface area (Å²) in [4.78, 5) is 32.7. The van der Waals surface area contributed by atoms with Gasteiger partial charge in [-0.15, -0.1) is 0 Å². The van der Waals surface area contributed by atoms with Crippen LogP contribution in [0.25, 0.3) is 0 Å². The van der Waals surface area contributed by atoms with E-state index in [0.29, 0.717) is 12.4 Å². The summed E-state index contributed by atoms with van der Waals surface area (Å²) in [5.41, 5.74) is 0.776. The van der Waals surface area contributed by atoms with E-state index < -0.39 is 0 Å². The van der Waals surface area contributed by atoms with Crippen molar-refractivity contribution in [1.29, 1.82) is 0 Å². The molecule has 4 bridgehead atoms. The summed E-state index contributed by atoms with van der Waals surface area (Å²) < 4.78 is 5.15. The predicted octanol–water partition coefficient (Wildman–Crippen LogP) is 2.91.